The molecule has 2 N–H and O–H groups in total. The molecule has 0 aromatic carbocycles. The maximum atomic E-state index is 5.84. The summed E-state index contributed by atoms with van der Waals surface area (Å²) in [5.74, 6) is 0. The van der Waals surface area contributed by atoms with Gasteiger partial charge in [0.2, 0.25) is 0 Å². The first kappa shape index (κ1) is 11.6. The third kappa shape index (κ3) is 2.46. The molecule has 0 saturated carbocycles. The highest BCUT2D eigenvalue weighted by atomic mass is 79.9. The van der Waals surface area contributed by atoms with E-state index in [1.807, 2.05) is 12.3 Å². The van der Waals surface area contributed by atoms with Crippen LogP contribution in [0.4, 0.5) is 5.69 Å². The molecule has 2 nitrogen and oxygen atoms in total. The fraction of sp³-hybridized carbons (Fsp3) is 0.462. The Kier molecular flexibility index (Phi) is 3.06. The molecule has 1 aromatic heterocycles. The van der Waals surface area contributed by atoms with Gasteiger partial charge in [-0.1, -0.05) is 19.9 Å². The molecule has 0 saturated heterocycles. The largest absolute Gasteiger partial charge is 0.397 e. The van der Waals surface area contributed by atoms with E-state index < -0.39 is 0 Å². The van der Waals surface area contributed by atoms with Gasteiger partial charge in [0.15, 0.2) is 0 Å². The number of hydrogen-bond acceptors (Lipinski definition) is 2. The van der Waals surface area contributed by atoms with Gasteiger partial charge in [-0.2, -0.15) is 0 Å². The SMILES string of the molecule is CC1(C)CC=C(c2cnc(Br)c(N)c2)CC1. The first-order chi connectivity index (χ1) is 7.48. The van der Waals surface area contributed by atoms with Crippen molar-refractivity contribution in [3.8, 4) is 0 Å². The van der Waals surface area contributed by atoms with Crippen LogP contribution in [0.25, 0.3) is 5.57 Å². The summed E-state index contributed by atoms with van der Waals surface area (Å²) in [6.45, 7) is 4.63. The Morgan fingerprint density at radius 1 is 1.44 bits per heavy atom. The summed E-state index contributed by atoms with van der Waals surface area (Å²) in [6, 6.07) is 2.00. The molecule has 3 heteroatoms. The Bertz CT molecular complexity index is 436. The predicted octanol–water partition coefficient (Wildman–Crippen LogP) is 4.02. The van der Waals surface area contributed by atoms with Gasteiger partial charge in [-0.25, -0.2) is 4.98 Å². The van der Waals surface area contributed by atoms with Crippen LogP contribution < -0.4 is 5.73 Å². The summed E-state index contributed by atoms with van der Waals surface area (Å²) >= 11 is 3.32. The lowest BCUT2D eigenvalue weighted by Gasteiger charge is -2.28. The van der Waals surface area contributed by atoms with E-state index in [2.05, 4.69) is 40.8 Å². The number of aromatic nitrogens is 1. The number of nitrogens with two attached hydrogens (primary N) is 1. The Hall–Kier alpha value is -0.830. The van der Waals surface area contributed by atoms with Gasteiger partial charge in [0.1, 0.15) is 4.60 Å². The Morgan fingerprint density at radius 2 is 2.19 bits per heavy atom. The van der Waals surface area contributed by atoms with E-state index in [0.29, 0.717) is 11.1 Å². The van der Waals surface area contributed by atoms with Gasteiger partial charge >= 0.3 is 0 Å². The van der Waals surface area contributed by atoms with Crippen LogP contribution in [0.3, 0.4) is 0 Å². The van der Waals surface area contributed by atoms with Crippen molar-refractivity contribution in [2.75, 3.05) is 5.73 Å². The molecular weight excluding hydrogens is 264 g/mol. The summed E-state index contributed by atoms with van der Waals surface area (Å²) < 4.78 is 0.730. The molecular formula is C13H17BrN2. The van der Waals surface area contributed by atoms with Gasteiger partial charge in [-0.3, -0.25) is 0 Å². The average molecular weight is 281 g/mol. The predicted molar refractivity (Wildman–Crippen MR) is 72.0 cm³/mol. The van der Waals surface area contributed by atoms with E-state index in [4.69, 9.17) is 5.73 Å². The van der Waals surface area contributed by atoms with Crippen molar-refractivity contribution in [3.63, 3.8) is 0 Å². The minimum Gasteiger partial charge on any atom is -0.397 e. The fourth-order valence-electron chi connectivity index (χ4n) is 1.98. The second-order valence-electron chi connectivity index (χ2n) is 5.20. The third-order valence-electron chi connectivity index (χ3n) is 3.21. The average Bonchev–Trinajstić information content (AvgIpc) is 2.22. The van der Waals surface area contributed by atoms with Gasteiger partial charge in [0.05, 0.1) is 5.69 Å². The van der Waals surface area contributed by atoms with Crippen LogP contribution in [0, 0.1) is 5.41 Å². The number of halogens is 1. The van der Waals surface area contributed by atoms with Crippen molar-refractivity contribution >= 4 is 27.2 Å². The van der Waals surface area contributed by atoms with Crippen molar-refractivity contribution in [2.24, 2.45) is 5.41 Å². The number of nitrogens with zero attached hydrogens (tertiary/aromatic N) is 1. The summed E-state index contributed by atoms with van der Waals surface area (Å²) in [5.41, 5.74) is 9.54. The molecule has 1 aliphatic rings. The molecule has 1 heterocycles. The minimum atomic E-state index is 0.442. The van der Waals surface area contributed by atoms with Gasteiger partial charge in [-0.15, -0.1) is 0 Å². The van der Waals surface area contributed by atoms with Crippen LogP contribution in [0.1, 0.15) is 38.7 Å². The van der Waals surface area contributed by atoms with Crippen molar-refractivity contribution < 1.29 is 0 Å². The molecule has 0 bridgehead atoms. The van der Waals surface area contributed by atoms with Gasteiger partial charge in [-0.05, 0) is 57.8 Å². The molecule has 86 valence electrons. The molecule has 0 amide bonds. The van der Waals surface area contributed by atoms with Crippen LogP contribution in [-0.2, 0) is 0 Å². The first-order valence-electron chi connectivity index (χ1n) is 5.58. The monoisotopic (exact) mass is 280 g/mol. The Morgan fingerprint density at radius 3 is 2.75 bits per heavy atom. The Balaban J connectivity index is 2.26. The molecule has 2 rings (SSSR count). The summed E-state index contributed by atoms with van der Waals surface area (Å²) in [4.78, 5) is 4.24. The molecule has 1 aliphatic carbocycles. The molecule has 0 radical (unpaired) electrons. The fourth-order valence-corrected chi connectivity index (χ4v) is 2.20. The van der Waals surface area contributed by atoms with Crippen molar-refractivity contribution in [3.05, 3.63) is 28.5 Å². The van der Waals surface area contributed by atoms with Crippen LogP contribution in [0.2, 0.25) is 0 Å². The number of rotatable bonds is 1. The zero-order valence-electron chi connectivity index (χ0n) is 9.76. The van der Waals surface area contributed by atoms with E-state index in [1.54, 1.807) is 0 Å². The van der Waals surface area contributed by atoms with E-state index in [9.17, 15) is 0 Å². The molecule has 1 aromatic rings. The maximum absolute atomic E-state index is 5.84. The van der Waals surface area contributed by atoms with E-state index in [0.717, 1.165) is 23.0 Å². The van der Waals surface area contributed by atoms with Crippen molar-refractivity contribution in [1.29, 1.82) is 0 Å². The van der Waals surface area contributed by atoms with Crippen LogP contribution in [-0.4, -0.2) is 4.98 Å². The lowest BCUT2D eigenvalue weighted by molar-refractivity contribution is 0.335. The summed E-state index contributed by atoms with van der Waals surface area (Å²) in [7, 11) is 0. The maximum Gasteiger partial charge on any atom is 0.128 e. The van der Waals surface area contributed by atoms with E-state index in [-0.39, 0.29) is 0 Å². The highest BCUT2D eigenvalue weighted by molar-refractivity contribution is 9.10. The normalized spacial score (nSPS) is 19.3. The number of anilines is 1. The highest BCUT2D eigenvalue weighted by Gasteiger charge is 2.22. The van der Waals surface area contributed by atoms with Gasteiger partial charge in [0.25, 0.3) is 0 Å². The topological polar surface area (TPSA) is 38.9 Å². The summed E-state index contributed by atoms with van der Waals surface area (Å²) in [6.07, 6.45) is 7.71. The standard InChI is InChI=1S/C13H17BrN2/c1-13(2)5-3-9(4-6-13)10-7-11(15)12(14)16-8-10/h3,7-8H,4-6,15H2,1-2H3. The zero-order valence-corrected chi connectivity index (χ0v) is 11.3. The van der Waals surface area contributed by atoms with Gasteiger partial charge in [0, 0.05) is 6.20 Å². The minimum absolute atomic E-state index is 0.442. The molecule has 16 heavy (non-hydrogen) atoms. The zero-order chi connectivity index (χ0) is 11.8. The van der Waals surface area contributed by atoms with Crippen LogP contribution in [0.5, 0.6) is 0 Å². The number of allylic oxidation sites excluding steroid dienone is 2. The molecule has 0 fully saturated rings. The molecule has 0 unspecified atom stereocenters. The quantitative estimate of drug-likeness (QED) is 0.790. The molecule has 0 spiro atoms. The number of nitrogen functional groups attached to an aromatic ring is 1. The summed E-state index contributed by atoms with van der Waals surface area (Å²) in [5, 5.41) is 0. The van der Waals surface area contributed by atoms with Crippen molar-refractivity contribution in [1.82, 2.24) is 4.98 Å². The van der Waals surface area contributed by atoms with Crippen LogP contribution >= 0.6 is 15.9 Å². The lowest BCUT2D eigenvalue weighted by atomic mass is 9.77. The second kappa shape index (κ2) is 4.21. The molecule has 0 aliphatic heterocycles. The lowest BCUT2D eigenvalue weighted by Crippen LogP contribution is -2.14. The molecule has 0 atom stereocenters. The number of pyridine rings is 1. The van der Waals surface area contributed by atoms with E-state index >= 15 is 0 Å². The van der Waals surface area contributed by atoms with Crippen molar-refractivity contribution in [2.45, 2.75) is 33.1 Å². The van der Waals surface area contributed by atoms with Gasteiger partial charge < -0.3 is 5.73 Å². The second-order valence-corrected chi connectivity index (χ2v) is 5.95. The third-order valence-corrected chi connectivity index (χ3v) is 3.87. The number of hydrogen-bond donors (Lipinski definition) is 1. The first-order valence-corrected chi connectivity index (χ1v) is 6.38. The smallest absolute Gasteiger partial charge is 0.128 e. The van der Waals surface area contributed by atoms with Crippen LogP contribution in [0.15, 0.2) is 22.9 Å². The van der Waals surface area contributed by atoms with E-state index in [1.165, 1.54) is 12.0 Å². The highest BCUT2D eigenvalue weighted by Crippen LogP contribution is 2.38. The Labute approximate surface area is 105 Å².